The van der Waals surface area contributed by atoms with Crippen LogP contribution in [0.15, 0.2) is 33.6 Å². The summed E-state index contributed by atoms with van der Waals surface area (Å²) in [6, 6.07) is 7.99. The maximum absolute atomic E-state index is 12.9. The molecule has 1 aromatic carbocycles. The third-order valence-corrected chi connectivity index (χ3v) is 7.77. The van der Waals surface area contributed by atoms with Crippen molar-refractivity contribution in [1.82, 2.24) is 14.5 Å². The summed E-state index contributed by atoms with van der Waals surface area (Å²) in [5.41, 5.74) is 1.55. The van der Waals surface area contributed by atoms with E-state index in [1.54, 1.807) is 11.9 Å². The Kier molecular flexibility index (Phi) is 13.1. The molecule has 3 rings (SSSR count). The zero-order chi connectivity index (χ0) is 26.3. The van der Waals surface area contributed by atoms with E-state index in [2.05, 4.69) is 24.0 Å². The lowest BCUT2D eigenvalue weighted by molar-refractivity contribution is -0.136. The number of fused-ring (bicyclic) bond motifs is 1. The molecule has 7 heteroatoms. The van der Waals surface area contributed by atoms with Gasteiger partial charge in [0.2, 0.25) is 5.89 Å². The highest BCUT2D eigenvalue weighted by Gasteiger charge is 2.31. The fourth-order valence-corrected chi connectivity index (χ4v) is 5.55. The first-order valence-corrected chi connectivity index (χ1v) is 15.2. The summed E-state index contributed by atoms with van der Waals surface area (Å²) in [5, 5.41) is 8.66. The normalized spacial score (nSPS) is 13.2. The lowest BCUT2D eigenvalue weighted by atomic mass is 10.1. The smallest absolute Gasteiger partial charge is 0.311 e. The molecule has 0 N–H and O–H groups in total. The van der Waals surface area contributed by atoms with Crippen molar-refractivity contribution in [3.63, 3.8) is 0 Å². The van der Waals surface area contributed by atoms with E-state index >= 15 is 0 Å². The van der Waals surface area contributed by atoms with Crippen molar-refractivity contribution in [2.75, 3.05) is 7.05 Å². The first-order chi connectivity index (χ1) is 18.1. The number of rotatable bonds is 18. The van der Waals surface area contributed by atoms with Gasteiger partial charge in [-0.05, 0) is 36.9 Å². The van der Waals surface area contributed by atoms with Gasteiger partial charge in [0.1, 0.15) is 0 Å². The second-order valence-electron chi connectivity index (χ2n) is 9.98. The van der Waals surface area contributed by atoms with E-state index in [0.29, 0.717) is 29.7 Å². The van der Waals surface area contributed by atoms with Gasteiger partial charge in [-0.2, -0.15) is 0 Å². The topological polar surface area (TPSA) is 68.5 Å². The van der Waals surface area contributed by atoms with Gasteiger partial charge in [-0.25, -0.2) is 0 Å². The third kappa shape index (κ3) is 9.51. The third-order valence-electron chi connectivity index (χ3n) is 6.76. The van der Waals surface area contributed by atoms with E-state index in [1.165, 1.54) is 70.6 Å². The van der Waals surface area contributed by atoms with E-state index in [1.807, 2.05) is 35.6 Å². The molecule has 2 aromatic rings. The summed E-state index contributed by atoms with van der Waals surface area (Å²) in [7, 11) is 1.94. The van der Waals surface area contributed by atoms with Gasteiger partial charge in [0.15, 0.2) is 11.5 Å². The molecule has 0 radical (unpaired) electrons. The van der Waals surface area contributed by atoms with Gasteiger partial charge < -0.3 is 13.5 Å². The predicted octanol–water partition coefficient (Wildman–Crippen LogP) is 8.82. The minimum atomic E-state index is -0.209. The highest BCUT2D eigenvalue weighted by molar-refractivity contribution is 7.97. The molecule has 0 saturated heterocycles. The molecule has 0 atom stereocenters. The Balaban J connectivity index is 1.64. The Morgan fingerprint density at radius 1 is 0.865 bits per heavy atom. The molecule has 0 unspecified atom stereocenters. The van der Waals surface area contributed by atoms with Gasteiger partial charge in [-0.15, -0.1) is 10.2 Å². The van der Waals surface area contributed by atoms with Crippen molar-refractivity contribution in [2.45, 2.75) is 121 Å². The summed E-state index contributed by atoms with van der Waals surface area (Å²) in [4.78, 5) is 13.9. The van der Waals surface area contributed by atoms with Gasteiger partial charge in [0, 0.05) is 30.3 Å². The quantitative estimate of drug-likeness (QED) is 0.109. The number of nitrogens with zero attached hydrogens (tertiary/aromatic N) is 3. The van der Waals surface area contributed by atoms with Crippen LogP contribution in [0, 0.1) is 0 Å². The fraction of sp³-hybridized carbons (Fsp3) is 0.633. The van der Waals surface area contributed by atoms with E-state index in [-0.39, 0.29) is 5.97 Å². The molecule has 1 aliphatic heterocycles. The Morgan fingerprint density at radius 2 is 1.49 bits per heavy atom. The van der Waals surface area contributed by atoms with Crippen LogP contribution in [0.25, 0.3) is 11.5 Å². The number of carbonyl (C=O) groups excluding carboxylic acids is 1. The number of unbranched alkanes of at least 4 members (excludes halogenated alkanes) is 12. The van der Waals surface area contributed by atoms with Crippen LogP contribution in [0.5, 0.6) is 0 Å². The van der Waals surface area contributed by atoms with Crippen LogP contribution in [0.3, 0.4) is 0 Å². The molecule has 1 aromatic heterocycles. The van der Waals surface area contributed by atoms with Crippen molar-refractivity contribution in [3.05, 3.63) is 41.6 Å². The molecule has 0 spiro atoms. The lowest BCUT2D eigenvalue weighted by Gasteiger charge is -2.28. The molecule has 1 aliphatic rings. The Bertz CT molecular complexity index is 988. The Morgan fingerprint density at radius 3 is 2.19 bits per heavy atom. The highest BCUT2D eigenvalue weighted by atomic mass is 32.2. The number of ether oxygens (including phenoxy) is 1. The molecule has 6 nitrogen and oxygen atoms in total. The molecule has 0 bridgehead atoms. The molecule has 37 heavy (non-hydrogen) atoms. The number of benzene rings is 1. The largest absolute Gasteiger partial charge is 0.423 e. The molecule has 0 fully saturated rings. The van der Waals surface area contributed by atoms with E-state index < -0.39 is 0 Å². The van der Waals surface area contributed by atoms with Gasteiger partial charge in [-0.3, -0.25) is 4.79 Å². The number of aryl methyl sites for hydroxylation is 1. The fourth-order valence-electron chi connectivity index (χ4n) is 4.61. The Labute approximate surface area is 227 Å². The van der Waals surface area contributed by atoms with Gasteiger partial charge >= 0.3 is 5.97 Å². The number of esters is 1. The van der Waals surface area contributed by atoms with Crippen molar-refractivity contribution >= 4 is 29.4 Å². The maximum Gasteiger partial charge on any atom is 0.311 e. The number of aromatic nitrogens is 2. The summed E-state index contributed by atoms with van der Waals surface area (Å²) < 4.78 is 14.1. The van der Waals surface area contributed by atoms with Gasteiger partial charge in [0.25, 0.3) is 5.89 Å². The molecular formula is C30H45N3O3S. The van der Waals surface area contributed by atoms with Crippen molar-refractivity contribution in [2.24, 2.45) is 0 Å². The van der Waals surface area contributed by atoms with Gasteiger partial charge in [0.05, 0.1) is 0 Å². The maximum atomic E-state index is 12.9. The van der Waals surface area contributed by atoms with Gasteiger partial charge in [-0.1, -0.05) is 103 Å². The average molecular weight is 528 g/mol. The highest BCUT2D eigenvalue weighted by Crippen LogP contribution is 2.44. The molecule has 0 aliphatic carbocycles. The Hall–Kier alpha value is -2.28. The molecule has 0 saturated carbocycles. The second-order valence-corrected chi connectivity index (χ2v) is 11.2. The standard InChI is InChI=1S/C30H45N3O3S/c1-4-6-8-10-12-14-16-22-26-31-32-30(35-26)28-29(24-20-18-19-21-25(24)37-33(28)3)36-27(34)23-17-15-13-11-9-7-5-2/h18-21H,4-17,22-23H2,1-3H3. The summed E-state index contributed by atoms with van der Waals surface area (Å²) >= 11 is 1.57. The van der Waals surface area contributed by atoms with Crippen LogP contribution in [0.2, 0.25) is 0 Å². The average Bonchev–Trinajstić information content (AvgIpc) is 3.36. The molecule has 0 amide bonds. The summed E-state index contributed by atoms with van der Waals surface area (Å²) in [6.07, 6.45) is 18.0. The second kappa shape index (κ2) is 16.5. The van der Waals surface area contributed by atoms with Crippen molar-refractivity contribution in [1.29, 1.82) is 0 Å². The molecule has 204 valence electrons. The van der Waals surface area contributed by atoms with Crippen LogP contribution >= 0.6 is 11.9 Å². The van der Waals surface area contributed by atoms with Crippen LogP contribution in [0.4, 0.5) is 0 Å². The minimum Gasteiger partial charge on any atom is -0.423 e. The molecular weight excluding hydrogens is 482 g/mol. The van der Waals surface area contributed by atoms with E-state index in [9.17, 15) is 4.79 Å². The number of hydrogen-bond donors (Lipinski definition) is 0. The van der Waals surface area contributed by atoms with Crippen molar-refractivity contribution < 1.29 is 13.9 Å². The van der Waals surface area contributed by atoms with E-state index in [0.717, 1.165) is 36.1 Å². The zero-order valence-electron chi connectivity index (χ0n) is 23.1. The molecule has 2 heterocycles. The van der Waals surface area contributed by atoms with Crippen LogP contribution in [-0.2, 0) is 16.0 Å². The SMILES string of the molecule is CCCCCCCCCC(=O)OC1=C(c2nnc(CCCCCCCCC)o2)N(C)Sc2ccccc21. The van der Waals surface area contributed by atoms with Crippen LogP contribution < -0.4 is 0 Å². The van der Waals surface area contributed by atoms with Crippen LogP contribution in [-0.4, -0.2) is 27.5 Å². The minimum absolute atomic E-state index is 0.209. The zero-order valence-corrected chi connectivity index (χ0v) is 23.9. The lowest BCUT2D eigenvalue weighted by Crippen LogP contribution is -2.18. The van der Waals surface area contributed by atoms with Crippen LogP contribution in [0.1, 0.15) is 128 Å². The summed E-state index contributed by atoms with van der Waals surface area (Å²) in [6.45, 7) is 4.47. The number of carbonyl (C=O) groups is 1. The monoisotopic (exact) mass is 527 g/mol. The summed E-state index contributed by atoms with van der Waals surface area (Å²) in [5.74, 6) is 1.35. The van der Waals surface area contributed by atoms with Crippen molar-refractivity contribution in [3.8, 4) is 0 Å². The number of hydrogen-bond acceptors (Lipinski definition) is 7. The van der Waals surface area contributed by atoms with E-state index in [4.69, 9.17) is 9.15 Å². The predicted molar refractivity (Wildman–Crippen MR) is 152 cm³/mol. The first kappa shape index (κ1) is 29.3. The first-order valence-electron chi connectivity index (χ1n) is 14.4.